The summed E-state index contributed by atoms with van der Waals surface area (Å²) in [6, 6.07) is 6.73. The molecule has 0 radical (unpaired) electrons. The van der Waals surface area contributed by atoms with Crippen molar-refractivity contribution in [2.45, 2.75) is 13.8 Å². The highest BCUT2D eigenvalue weighted by atomic mass is 35.5. The predicted molar refractivity (Wildman–Crippen MR) is 62.0 cm³/mol. The van der Waals surface area contributed by atoms with E-state index in [1.807, 2.05) is 0 Å². The van der Waals surface area contributed by atoms with Crippen molar-refractivity contribution < 1.29 is 9.90 Å². The first-order valence-electron chi connectivity index (χ1n) is 4.59. The summed E-state index contributed by atoms with van der Waals surface area (Å²) in [7, 11) is 0. The number of aliphatic hydroxyl groups is 1. The van der Waals surface area contributed by atoms with Crippen molar-refractivity contribution in [2.24, 2.45) is 10.2 Å². The van der Waals surface area contributed by atoms with E-state index in [-0.39, 0.29) is 17.2 Å². The number of ketones is 1. The average molecular weight is 239 g/mol. The van der Waals surface area contributed by atoms with Gasteiger partial charge in [0.2, 0.25) is 0 Å². The Kier molecular flexibility index (Phi) is 4.19. The first kappa shape index (κ1) is 12.4. The lowest BCUT2D eigenvalue weighted by Gasteiger charge is -1.97. The van der Waals surface area contributed by atoms with Crippen molar-refractivity contribution in [3.63, 3.8) is 0 Å². The van der Waals surface area contributed by atoms with Gasteiger partial charge in [-0.1, -0.05) is 17.7 Å². The second-order valence-corrected chi connectivity index (χ2v) is 3.61. The number of benzene rings is 1. The molecule has 1 N–H and O–H groups in total. The molecule has 1 aromatic carbocycles. The van der Waals surface area contributed by atoms with Crippen LogP contribution < -0.4 is 0 Å². The summed E-state index contributed by atoms with van der Waals surface area (Å²) in [6.45, 7) is 2.69. The summed E-state index contributed by atoms with van der Waals surface area (Å²) in [5.41, 5.74) is 0.465. The van der Waals surface area contributed by atoms with Crippen LogP contribution in [-0.2, 0) is 4.79 Å². The molecule has 0 aromatic heterocycles. The number of halogens is 1. The third-order valence-corrected chi connectivity index (χ3v) is 1.98. The lowest BCUT2D eigenvalue weighted by molar-refractivity contribution is -0.113. The Balaban J connectivity index is 2.96. The summed E-state index contributed by atoms with van der Waals surface area (Å²) in [5.74, 6) is -0.496. The second-order valence-electron chi connectivity index (χ2n) is 3.17. The molecule has 0 heterocycles. The highest BCUT2D eigenvalue weighted by Crippen LogP contribution is 2.19. The monoisotopic (exact) mass is 238 g/mol. The highest BCUT2D eigenvalue weighted by Gasteiger charge is 2.06. The van der Waals surface area contributed by atoms with Crippen LogP contribution in [0.25, 0.3) is 0 Å². The quantitative estimate of drug-likeness (QED) is 0.495. The summed E-state index contributed by atoms with van der Waals surface area (Å²) >= 11 is 5.76. The van der Waals surface area contributed by atoms with Crippen LogP contribution in [0.1, 0.15) is 13.8 Å². The van der Waals surface area contributed by atoms with E-state index in [0.29, 0.717) is 10.7 Å². The van der Waals surface area contributed by atoms with Gasteiger partial charge in [0, 0.05) is 11.9 Å². The average Bonchev–Trinajstić information content (AvgIpc) is 2.16. The minimum absolute atomic E-state index is 0.0556. The zero-order chi connectivity index (χ0) is 12.1. The molecule has 0 bridgehead atoms. The van der Waals surface area contributed by atoms with Gasteiger partial charge >= 0.3 is 0 Å². The lowest BCUT2D eigenvalue weighted by atomic mass is 10.3. The number of hydrogen-bond donors (Lipinski definition) is 1. The van der Waals surface area contributed by atoms with E-state index in [1.165, 1.54) is 13.8 Å². The van der Waals surface area contributed by atoms with Crippen molar-refractivity contribution in [1.29, 1.82) is 0 Å². The number of aliphatic hydroxyl groups excluding tert-OH is 1. The summed E-state index contributed by atoms with van der Waals surface area (Å²) in [6.07, 6.45) is 0. The number of allylic oxidation sites excluding steroid dienone is 2. The van der Waals surface area contributed by atoms with Gasteiger partial charge in [0.15, 0.2) is 11.5 Å². The maximum Gasteiger partial charge on any atom is 0.183 e. The van der Waals surface area contributed by atoms with Gasteiger partial charge in [0.05, 0.1) is 5.69 Å². The number of hydrogen-bond acceptors (Lipinski definition) is 4. The van der Waals surface area contributed by atoms with Crippen LogP contribution in [0.4, 0.5) is 5.69 Å². The van der Waals surface area contributed by atoms with Crippen molar-refractivity contribution in [3.8, 4) is 0 Å². The first-order chi connectivity index (χ1) is 7.50. The van der Waals surface area contributed by atoms with E-state index < -0.39 is 0 Å². The molecule has 0 saturated carbocycles. The van der Waals surface area contributed by atoms with E-state index in [4.69, 9.17) is 11.6 Å². The summed E-state index contributed by atoms with van der Waals surface area (Å²) in [5, 5.41) is 17.2. The summed E-state index contributed by atoms with van der Waals surface area (Å²) < 4.78 is 0. The molecule has 0 aliphatic rings. The fraction of sp³-hybridized carbons (Fsp3) is 0.182. The Morgan fingerprint density at radius 3 is 2.56 bits per heavy atom. The van der Waals surface area contributed by atoms with Crippen molar-refractivity contribution in [3.05, 3.63) is 40.7 Å². The van der Waals surface area contributed by atoms with E-state index in [1.54, 1.807) is 24.3 Å². The van der Waals surface area contributed by atoms with Crippen molar-refractivity contribution in [1.82, 2.24) is 0 Å². The van der Waals surface area contributed by atoms with E-state index in [0.717, 1.165) is 0 Å². The van der Waals surface area contributed by atoms with E-state index in [2.05, 4.69) is 10.2 Å². The van der Waals surface area contributed by atoms with Gasteiger partial charge in [-0.3, -0.25) is 4.79 Å². The Morgan fingerprint density at radius 1 is 1.38 bits per heavy atom. The van der Waals surface area contributed by atoms with Crippen LogP contribution in [0.15, 0.2) is 46.0 Å². The van der Waals surface area contributed by atoms with Crippen LogP contribution in [0.5, 0.6) is 0 Å². The lowest BCUT2D eigenvalue weighted by Crippen LogP contribution is -1.96. The highest BCUT2D eigenvalue weighted by molar-refractivity contribution is 6.30. The van der Waals surface area contributed by atoms with E-state index >= 15 is 0 Å². The number of rotatable bonds is 3. The minimum atomic E-state index is -0.342. The minimum Gasteiger partial charge on any atom is -0.510 e. The Labute approximate surface area is 98.3 Å². The number of Topliss-reactive ketones (excluding diaryl/α,β-unsaturated/α-hetero) is 1. The molecule has 0 aliphatic carbocycles. The molecule has 0 saturated heterocycles. The Morgan fingerprint density at radius 2 is 2.06 bits per heavy atom. The second kappa shape index (κ2) is 5.42. The van der Waals surface area contributed by atoms with Gasteiger partial charge in [-0.2, -0.15) is 5.11 Å². The number of azo groups is 1. The predicted octanol–water partition coefficient (Wildman–Crippen LogP) is 3.80. The molecular weight excluding hydrogens is 228 g/mol. The van der Waals surface area contributed by atoms with Gasteiger partial charge < -0.3 is 5.11 Å². The van der Waals surface area contributed by atoms with Gasteiger partial charge in [0.25, 0.3) is 0 Å². The van der Waals surface area contributed by atoms with Gasteiger partial charge in [-0.05, 0) is 25.1 Å². The standard InChI is InChI=1S/C11H11ClN2O2/c1-7(15)11(8(2)16)14-13-10-5-3-4-9(12)6-10/h3-6,15H,1-2H3/b11-7+,14-13?. The van der Waals surface area contributed by atoms with Crippen molar-refractivity contribution >= 4 is 23.1 Å². The smallest absolute Gasteiger partial charge is 0.183 e. The Bertz CT molecular complexity index is 463. The molecule has 84 valence electrons. The normalized spacial score (nSPS) is 12.7. The van der Waals surface area contributed by atoms with Gasteiger partial charge in [0.1, 0.15) is 5.76 Å². The van der Waals surface area contributed by atoms with Crippen LogP contribution in [0.3, 0.4) is 0 Å². The number of carbonyl (C=O) groups excluding carboxylic acids is 1. The topological polar surface area (TPSA) is 62.0 Å². The van der Waals surface area contributed by atoms with E-state index in [9.17, 15) is 9.90 Å². The SMILES string of the molecule is CC(=O)/C(N=Nc1cccc(Cl)c1)=C(/C)O. The van der Waals surface area contributed by atoms with Crippen molar-refractivity contribution in [2.75, 3.05) is 0 Å². The number of nitrogens with zero attached hydrogens (tertiary/aromatic N) is 2. The van der Waals surface area contributed by atoms with Gasteiger partial charge in [-0.15, -0.1) is 5.11 Å². The molecule has 16 heavy (non-hydrogen) atoms. The maximum absolute atomic E-state index is 11.1. The fourth-order valence-corrected chi connectivity index (χ4v) is 1.23. The third-order valence-electron chi connectivity index (χ3n) is 1.75. The fourth-order valence-electron chi connectivity index (χ4n) is 1.04. The molecule has 0 fully saturated rings. The molecule has 4 nitrogen and oxygen atoms in total. The summed E-state index contributed by atoms with van der Waals surface area (Å²) in [4.78, 5) is 11.1. The molecule has 0 aliphatic heterocycles. The molecule has 0 amide bonds. The zero-order valence-electron chi connectivity index (χ0n) is 8.94. The molecule has 0 atom stereocenters. The molecule has 0 spiro atoms. The molecule has 5 heteroatoms. The maximum atomic E-state index is 11.1. The molecule has 1 rings (SSSR count). The molecule has 1 aromatic rings. The van der Waals surface area contributed by atoms with Crippen LogP contribution >= 0.6 is 11.6 Å². The van der Waals surface area contributed by atoms with Crippen LogP contribution in [0.2, 0.25) is 5.02 Å². The van der Waals surface area contributed by atoms with Crippen LogP contribution in [0, 0.1) is 0 Å². The molecular formula is C11H11ClN2O2. The largest absolute Gasteiger partial charge is 0.510 e. The van der Waals surface area contributed by atoms with Gasteiger partial charge in [-0.25, -0.2) is 0 Å². The first-order valence-corrected chi connectivity index (χ1v) is 4.96. The zero-order valence-corrected chi connectivity index (χ0v) is 9.69. The van der Waals surface area contributed by atoms with Crippen LogP contribution in [-0.4, -0.2) is 10.9 Å². The third kappa shape index (κ3) is 3.47. The number of carbonyl (C=O) groups is 1. The molecule has 0 unspecified atom stereocenters. The Hall–Kier alpha value is -1.68.